The Morgan fingerprint density at radius 2 is 1.77 bits per heavy atom. The fourth-order valence-electron chi connectivity index (χ4n) is 2.15. The molecule has 0 aromatic heterocycles. The van der Waals surface area contributed by atoms with Crippen LogP contribution in [0.15, 0.2) is 54.6 Å². The molecular formula is C18H21ClN2S. The number of nitrogens with one attached hydrogen (secondary N) is 1. The quantitative estimate of drug-likeness (QED) is 0.744. The monoisotopic (exact) mass is 332 g/mol. The van der Waals surface area contributed by atoms with E-state index >= 15 is 0 Å². The third-order valence-electron chi connectivity index (χ3n) is 3.67. The number of hydrogen-bond donors (Lipinski definition) is 1. The minimum Gasteiger partial charge on any atom is -0.342 e. The average molecular weight is 333 g/mol. The molecule has 1 unspecified atom stereocenters. The Hall–Kier alpha value is -1.58. The minimum atomic E-state index is 0.361. The Morgan fingerprint density at radius 3 is 2.36 bits per heavy atom. The van der Waals surface area contributed by atoms with Crippen LogP contribution in [0.25, 0.3) is 0 Å². The fraction of sp³-hybridized carbons (Fsp3) is 0.278. The van der Waals surface area contributed by atoms with Gasteiger partial charge in [-0.1, -0.05) is 48.9 Å². The zero-order valence-corrected chi connectivity index (χ0v) is 14.5. The number of halogens is 1. The summed E-state index contributed by atoms with van der Waals surface area (Å²) in [6.07, 6.45) is 1.03. The molecule has 0 radical (unpaired) electrons. The van der Waals surface area contributed by atoms with E-state index in [2.05, 4.69) is 24.1 Å². The molecule has 2 aromatic carbocycles. The summed E-state index contributed by atoms with van der Waals surface area (Å²) >= 11 is 11.6. The first-order chi connectivity index (χ1) is 10.6. The Labute approximate surface area is 143 Å². The molecule has 0 saturated carbocycles. The van der Waals surface area contributed by atoms with Crippen LogP contribution in [0.2, 0.25) is 5.02 Å². The van der Waals surface area contributed by atoms with E-state index in [1.165, 1.54) is 5.56 Å². The number of nitrogens with zero attached hydrogens (tertiary/aromatic N) is 1. The van der Waals surface area contributed by atoms with Crippen molar-refractivity contribution < 1.29 is 0 Å². The van der Waals surface area contributed by atoms with Gasteiger partial charge in [-0.3, -0.25) is 0 Å². The van der Waals surface area contributed by atoms with Gasteiger partial charge in [0, 0.05) is 23.3 Å². The standard InChI is InChI=1S/C18H21ClN2S/c1-3-14(2)21(13-15-9-11-16(19)12-10-15)18(22)20-17-7-5-4-6-8-17/h4-12,14H,3,13H2,1-2H3,(H,20,22). The van der Waals surface area contributed by atoms with Gasteiger partial charge in [0.15, 0.2) is 5.11 Å². The maximum absolute atomic E-state index is 5.96. The van der Waals surface area contributed by atoms with Crippen LogP contribution in [0.4, 0.5) is 5.69 Å². The second-order valence-corrected chi connectivity index (χ2v) is 6.13. The van der Waals surface area contributed by atoms with E-state index in [1.54, 1.807) is 0 Å². The molecule has 0 fully saturated rings. The van der Waals surface area contributed by atoms with E-state index in [4.69, 9.17) is 23.8 Å². The van der Waals surface area contributed by atoms with E-state index < -0.39 is 0 Å². The topological polar surface area (TPSA) is 15.3 Å². The van der Waals surface area contributed by atoms with Crippen LogP contribution < -0.4 is 5.32 Å². The fourth-order valence-corrected chi connectivity index (χ4v) is 2.64. The van der Waals surface area contributed by atoms with Crippen molar-refractivity contribution in [1.29, 1.82) is 0 Å². The van der Waals surface area contributed by atoms with Gasteiger partial charge >= 0.3 is 0 Å². The molecular weight excluding hydrogens is 312 g/mol. The van der Waals surface area contributed by atoms with Gasteiger partial charge in [-0.2, -0.15) is 0 Å². The van der Waals surface area contributed by atoms with Crippen LogP contribution in [0.1, 0.15) is 25.8 Å². The molecule has 116 valence electrons. The van der Waals surface area contributed by atoms with Crippen molar-refractivity contribution in [1.82, 2.24) is 4.90 Å². The van der Waals surface area contributed by atoms with Gasteiger partial charge < -0.3 is 10.2 Å². The van der Waals surface area contributed by atoms with E-state index in [0.29, 0.717) is 6.04 Å². The van der Waals surface area contributed by atoms with E-state index in [0.717, 1.165) is 28.8 Å². The first-order valence-corrected chi connectivity index (χ1v) is 8.26. The second-order valence-electron chi connectivity index (χ2n) is 5.31. The Kier molecular flexibility index (Phi) is 6.22. The maximum Gasteiger partial charge on any atom is 0.173 e. The summed E-state index contributed by atoms with van der Waals surface area (Å²) in [6, 6.07) is 18.3. The summed E-state index contributed by atoms with van der Waals surface area (Å²) < 4.78 is 0. The molecule has 2 aromatic rings. The first-order valence-electron chi connectivity index (χ1n) is 7.47. The highest BCUT2D eigenvalue weighted by atomic mass is 35.5. The van der Waals surface area contributed by atoms with Crippen molar-refractivity contribution in [2.24, 2.45) is 0 Å². The second kappa shape index (κ2) is 8.16. The third-order valence-corrected chi connectivity index (χ3v) is 4.26. The normalized spacial score (nSPS) is 11.8. The van der Waals surface area contributed by atoms with Crippen LogP contribution in [0.3, 0.4) is 0 Å². The molecule has 22 heavy (non-hydrogen) atoms. The van der Waals surface area contributed by atoms with Crippen molar-refractivity contribution in [3.05, 3.63) is 65.2 Å². The van der Waals surface area contributed by atoms with Gasteiger partial charge in [0.25, 0.3) is 0 Å². The average Bonchev–Trinajstić information content (AvgIpc) is 2.54. The van der Waals surface area contributed by atoms with Gasteiger partial charge in [-0.25, -0.2) is 0 Å². The summed E-state index contributed by atoms with van der Waals surface area (Å²) in [5, 5.41) is 4.82. The largest absolute Gasteiger partial charge is 0.342 e. The molecule has 1 N–H and O–H groups in total. The molecule has 0 aliphatic carbocycles. The van der Waals surface area contributed by atoms with Gasteiger partial charge in [0.2, 0.25) is 0 Å². The number of hydrogen-bond acceptors (Lipinski definition) is 1. The highest BCUT2D eigenvalue weighted by Crippen LogP contribution is 2.16. The van der Waals surface area contributed by atoms with Gasteiger partial charge in [-0.05, 0) is 55.4 Å². The summed E-state index contributed by atoms with van der Waals surface area (Å²) in [5.74, 6) is 0. The summed E-state index contributed by atoms with van der Waals surface area (Å²) in [4.78, 5) is 2.21. The first kappa shape index (κ1) is 16.8. The zero-order valence-electron chi connectivity index (χ0n) is 12.9. The van der Waals surface area contributed by atoms with Crippen LogP contribution in [0, 0.1) is 0 Å². The molecule has 4 heteroatoms. The number of rotatable bonds is 5. The molecule has 2 nitrogen and oxygen atoms in total. The molecule has 0 amide bonds. The lowest BCUT2D eigenvalue weighted by Gasteiger charge is -2.31. The van der Waals surface area contributed by atoms with Gasteiger partial charge in [-0.15, -0.1) is 0 Å². The molecule has 0 aliphatic rings. The van der Waals surface area contributed by atoms with Crippen LogP contribution in [0.5, 0.6) is 0 Å². The highest BCUT2D eigenvalue weighted by Gasteiger charge is 2.16. The lowest BCUT2D eigenvalue weighted by molar-refractivity contribution is 0.320. The number of anilines is 1. The van der Waals surface area contributed by atoms with Crippen molar-refractivity contribution in [3.63, 3.8) is 0 Å². The molecule has 0 aliphatic heterocycles. The van der Waals surface area contributed by atoms with Gasteiger partial charge in [0.05, 0.1) is 0 Å². The molecule has 0 spiro atoms. The predicted molar refractivity (Wildman–Crippen MR) is 99.4 cm³/mol. The van der Waals surface area contributed by atoms with Crippen molar-refractivity contribution >= 4 is 34.6 Å². The molecule has 0 heterocycles. The number of benzene rings is 2. The Morgan fingerprint density at radius 1 is 1.14 bits per heavy atom. The van der Waals surface area contributed by atoms with Gasteiger partial charge in [0.1, 0.15) is 0 Å². The zero-order chi connectivity index (χ0) is 15.9. The molecule has 1 atom stereocenters. The van der Waals surface area contributed by atoms with E-state index in [9.17, 15) is 0 Å². The smallest absolute Gasteiger partial charge is 0.173 e. The Bertz CT molecular complexity index is 598. The van der Waals surface area contributed by atoms with Crippen molar-refractivity contribution in [3.8, 4) is 0 Å². The molecule has 0 saturated heterocycles. The Balaban J connectivity index is 2.11. The SMILES string of the molecule is CCC(C)N(Cc1ccc(Cl)cc1)C(=S)Nc1ccccc1. The van der Waals surface area contributed by atoms with Crippen molar-refractivity contribution in [2.45, 2.75) is 32.9 Å². The maximum atomic E-state index is 5.96. The van der Waals surface area contributed by atoms with Crippen LogP contribution in [-0.4, -0.2) is 16.1 Å². The highest BCUT2D eigenvalue weighted by molar-refractivity contribution is 7.80. The van der Waals surface area contributed by atoms with Crippen LogP contribution >= 0.6 is 23.8 Å². The number of para-hydroxylation sites is 1. The number of thiocarbonyl (C=S) groups is 1. The molecule has 0 bridgehead atoms. The van der Waals surface area contributed by atoms with E-state index in [-0.39, 0.29) is 0 Å². The summed E-state index contributed by atoms with van der Waals surface area (Å²) in [7, 11) is 0. The minimum absolute atomic E-state index is 0.361. The lowest BCUT2D eigenvalue weighted by atomic mass is 10.1. The van der Waals surface area contributed by atoms with Crippen molar-refractivity contribution in [2.75, 3.05) is 5.32 Å². The predicted octanol–water partition coefficient (Wildman–Crippen LogP) is 5.34. The van der Waals surface area contributed by atoms with E-state index in [1.807, 2.05) is 54.6 Å². The third kappa shape index (κ3) is 4.72. The summed E-state index contributed by atoms with van der Waals surface area (Å²) in [5.41, 5.74) is 2.21. The lowest BCUT2D eigenvalue weighted by Crippen LogP contribution is -2.40. The van der Waals surface area contributed by atoms with Crippen LogP contribution in [-0.2, 0) is 6.54 Å². The summed E-state index contributed by atoms with van der Waals surface area (Å²) in [6.45, 7) is 5.13. The molecule has 2 rings (SSSR count).